The Bertz CT molecular complexity index is 1230. The number of ether oxygens (including phenoxy) is 2. The number of hydrogen-bond acceptors (Lipinski definition) is 8. The van der Waals surface area contributed by atoms with Gasteiger partial charge in [0, 0.05) is 17.7 Å². The lowest BCUT2D eigenvalue weighted by atomic mass is 10.1. The summed E-state index contributed by atoms with van der Waals surface area (Å²) < 4.78 is 17.5. The zero-order valence-electron chi connectivity index (χ0n) is 17.1. The van der Waals surface area contributed by atoms with Crippen molar-refractivity contribution in [3.05, 3.63) is 58.9 Å². The van der Waals surface area contributed by atoms with Crippen LogP contribution in [0.2, 0.25) is 0 Å². The molecule has 158 valence electrons. The van der Waals surface area contributed by atoms with Crippen molar-refractivity contribution < 1.29 is 18.8 Å². The molecule has 3 heterocycles. The third kappa shape index (κ3) is 3.89. The van der Waals surface area contributed by atoms with Crippen LogP contribution in [0.25, 0.3) is 21.6 Å². The smallest absolute Gasteiger partial charge is 0.257 e. The minimum Gasteiger partial charge on any atom is -0.497 e. The van der Waals surface area contributed by atoms with Gasteiger partial charge in [0.2, 0.25) is 5.82 Å². The van der Waals surface area contributed by atoms with Crippen molar-refractivity contribution in [3.63, 3.8) is 0 Å². The molecule has 0 unspecified atom stereocenters. The van der Waals surface area contributed by atoms with E-state index in [0.717, 1.165) is 26.5 Å². The Morgan fingerprint density at radius 1 is 1.19 bits per heavy atom. The first-order chi connectivity index (χ1) is 15.1. The highest BCUT2D eigenvalue weighted by atomic mass is 32.1. The van der Waals surface area contributed by atoms with Gasteiger partial charge in [-0.25, -0.2) is 4.98 Å². The lowest BCUT2D eigenvalue weighted by molar-refractivity contribution is -0.0367. The number of amides is 1. The maximum absolute atomic E-state index is 13.1. The van der Waals surface area contributed by atoms with Gasteiger partial charge < -0.3 is 18.9 Å². The lowest BCUT2D eigenvalue weighted by Crippen LogP contribution is -2.42. The third-order valence-electron chi connectivity index (χ3n) is 5.16. The number of nitrogens with zero attached hydrogens (tertiary/aromatic N) is 4. The summed E-state index contributed by atoms with van der Waals surface area (Å²) in [5.41, 5.74) is 2.37. The summed E-state index contributed by atoms with van der Waals surface area (Å²) in [5.74, 6) is 1.53. The Hall–Kier alpha value is -3.30. The number of carbonyl (C=O) groups is 1. The highest BCUT2D eigenvalue weighted by Gasteiger charge is 2.30. The summed E-state index contributed by atoms with van der Waals surface area (Å²) in [4.78, 5) is 23.8. The van der Waals surface area contributed by atoms with E-state index in [-0.39, 0.29) is 5.91 Å². The van der Waals surface area contributed by atoms with Crippen LogP contribution in [0, 0.1) is 6.92 Å². The largest absolute Gasteiger partial charge is 0.497 e. The van der Waals surface area contributed by atoms with E-state index in [0.29, 0.717) is 37.0 Å². The van der Waals surface area contributed by atoms with E-state index in [1.807, 2.05) is 49.4 Å². The van der Waals surface area contributed by atoms with Gasteiger partial charge in [-0.05, 0) is 49.4 Å². The summed E-state index contributed by atoms with van der Waals surface area (Å²) in [6.45, 7) is 3.22. The molecule has 1 saturated heterocycles. The van der Waals surface area contributed by atoms with Gasteiger partial charge in [0.15, 0.2) is 6.10 Å². The van der Waals surface area contributed by atoms with E-state index in [1.54, 1.807) is 23.3 Å². The standard InChI is InChI=1S/C22H20N4O4S/c1-13-23-17-8-5-15(11-19(17)31-13)22(27)26-9-10-29-18(12-26)21-24-20(25-30-21)14-3-6-16(28-2)7-4-14/h3-8,11,18H,9-10,12H2,1-2H3/t18-/m1/s1. The molecule has 0 aliphatic carbocycles. The van der Waals surface area contributed by atoms with E-state index in [4.69, 9.17) is 14.0 Å². The molecule has 31 heavy (non-hydrogen) atoms. The molecule has 2 aromatic carbocycles. The zero-order valence-corrected chi connectivity index (χ0v) is 17.9. The number of aryl methyl sites for hydroxylation is 1. The van der Waals surface area contributed by atoms with Crippen LogP contribution in [-0.4, -0.2) is 52.7 Å². The van der Waals surface area contributed by atoms with Crippen LogP contribution < -0.4 is 4.74 Å². The van der Waals surface area contributed by atoms with Crippen LogP contribution in [0.15, 0.2) is 47.0 Å². The van der Waals surface area contributed by atoms with Gasteiger partial charge in [-0.2, -0.15) is 4.98 Å². The predicted octanol–water partition coefficient (Wildman–Crippen LogP) is 3.88. The Kier molecular flexibility index (Phi) is 5.13. The second kappa shape index (κ2) is 8.09. The van der Waals surface area contributed by atoms with E-state index in [9.17, 15) is 4.79 Å². The minimum absolute atomic E-state index is 0.0452. The lowest BCUT2D eigenvalue weighted by Gasteiger charge is -2.31. The molecular weight excluding hydrogens is 416 g/mol. The van der Waals surface area contributed by atoms with Crippen LogP contribution >= 0.6 is 11.3 Å². The number of thiazole rings is 1. The molecule has 0 radical (unpaired) electrons. The summed E-state index contributed by atoms with van der Waals surface area (Å²) in [6.07, 6.45) is -0.466. The average molecular weight is 436 g/mol. The number of morpholine rings is 1. The first-order valence-corrected chi connectivity index (χ1v) is 10.7. The van der Waals surface area contributed by atoms with E-state index in [2.05, 4.69) is 15.1 Å². The van der Waals surface area contributed by atoms with Crippen molar-refractivity contribution in [2.45, 2.75) is 13.0 Å². The fraction of sp³-hybridized carbons (Fsp3) is 0.273. The molecule has 2 aromatic heterocycles. The van der Waals surface area contributed by atoms with Gasteiger partial charge in [-0.1, -0.05) is 5.16 Å². The molecule has 5 rings (SSSR count). The molecule has 0 bridgehead atoms. The van der Waals surface area contributed by atoms with Gasteiger partial charge in [0.05, 0.1) is 35.5 Å². The Balaban J connectivity index is 1.32. The highest BCUT2D eigenvalue weighted by Crippen LogP contribution is 2.27. The molecule has 1 amide bonds. The second-order valence-electron chi connectivity index (χ2n) is 7.21. The monoisotopic (exact) mass is 436 g/mol. The molecule has 0 saturated carbocycles. The number of rotatable bonds is 4. The number of hydrogen-bond donors (Lipinski definition) is 0. The van der Waals surface area contributed by atoms with Gasteiger partial charge in [-0.15, -0.1) is 11.3 Å². The molecule has 1 aliphatic rings. The van der Waals surface area contributed by atoms with Crippen molar-refractivity contribution in [2.75, 3.05) is 26.8 Å². The normalized spacial score (nSPS) is 16.6. The molecule has 0 N–H and O–H groups in total. The Morgan fingerprint density at radius 3 is 2.84 bits per heavy atom. The second-order valence-corrected chi connectivity index (χ2v) is 8.45. The average Bonchev–Trinajstić information content (AvgIpc) is 3.44. The number of fused-ring (bicyclic) bond motifs is 1. The molecule has 1 aliphatic heterocycles. The van der Waals surface area contributed by atoms with Crippen LogP contribution in [0.3, 0.4) is 0 Å². The maximum Gasteiger partial charge on any atom is 0.257 e. The van der Waals surface area contributed by atoms with Crippen LogP contribution in [-0.2, 0) is 4.74 Å². The SMILES string of the molecule is COc1ccc(-c2noc([C@H]3CN(C(=O)c4ccc5nc(C)sc5c4)CCO3)n2)cc1. The molecule has 0 spiro atoms. The van der Waals surface area contributed by atoms with Crippen molar-refractivity contribution in [3.8, 4) is 17.1 Å². The first kappa shape index (κ1) is 19.7. The fourth-order valence-electron chi connectivity index (χ4n) is 3.56. The molecular formula is C22H20N4O4S. The summed E-state index contributed by atoms with van der Waals surface area (Å²) in [5, 5.41) is 5.05. The summed E-state index contributed by atoms with van der Waals surface area (Å²) in [7, 11) is 1.62. The van der Waals surface area contributed by atoms with Crippen LogP contribution in [0.4, 0.5) is 0 Å². The van der Waals surface area contributed by atoms with Crippen LogP contribution in [0.5, 0.6) is 5.75 Å². The van der Waals surface area contributed by atoms with E-state index >= 15 is 0 Å². The summed E-state index contributed by atoms with van der Waals surface area (Å²) in [6, 6.07) is 13.0. The van der Waals surface area contributed by atoms with Gasteiger partial charge >= 0.3 is 0 Å². The zero-order chi connectivity index (χ0) is 21.4. The van der Waals surface area contributed by atoms with Crippen molar-refractivity contribution >= 4 is 27.5 Å². The molecule has 1 atom stereocenters. The Morgan fingerprint density at radius 2 is 2.03 bits per heavy atom. The maximum atomic E-state index is 13.1. The van der Waals surface area contributed by atoms with Crippen LogP contribution in [0.1, 0.15) is 27.4 Å². The number of aromatic nitrogens is 3. The number of carbonyl (C=O) groups excluding carboxylic acids is 1. The van der Waals surface area contributed by atoms with Gasteiger partial charge in [0.25, 0.3) is 11.8 Å². The minimum atomic E-state index is -0.466. The van der Waals surface area contributed by atoms with E-state index in [1.165, 1.54) is 0 Å². The molecule has 8 nitrogen and oxygen atoms in total. The van der Waals surface area contributed by atoms with Gasteiger partial charge in [-0.3, -0.25) is 4.79 Å². The first-order valence-electron chi connectivity index (χ1n) is 9.87. The quantitative estimate of drug-likeness (QED) is 0.479. The van der Waals surface area contributed by atoms with Crippen molar-refractivity contribution in [1.29, 1.82) is 0 Å². The number of methoxy groups -OCH3 is 1. The molecule has 4 aromatic rings. The third-order valence-corrected chi connectivity index (χ3v) is 6.09. The summed E-state index contributed by atoms with van der Waals surface area (Å²) >= 11 is 1.58. The fourth-order valence-corrected chi connectivity index (χ4v) is 4.43. The van der Waals surface area contributed by atoms with Crippen molar-refractivity contribution in [1.82, 2.24) is 20.0 Å². The predicted molar refractivity (Wildman–Crippen MR) is 115 cm³/mol. The highest BCUT2D eigenvalue weighted by molar-refractivity contribution is 7.18. The molecule has 9 heteroatoms. The number of benzene rings is 2. The Labute approximate surface area is 182 Å². The van der Waals surface area contributed by atoms with E-state index < -0.39 is 6.10 Å². The van der Waals surface area contributed by atoms with Crippen molar-refractivity contribution in [2.24, 2.45) is 0 Å². The van der Waals surface area contributed by atoms with Gasteiger partial charge in [0.1, 0.15) is 5.75 Å². The topological polar surface area (TPSA) is 90.6 Å². The molecule has 1 fully saturated rings.